The molecule has 0 N–H and O–H groups in total. The summed E-state index contributed by atoms with van der Waals surface area (Å²) >= 11 is 0. The molecule has 0 spiro atoms. The van der Waals surface area contributed by atoms with Crippen LogP contribution in [0.4, 0.5) is 0 Å². The molecular weight excluding hydrogens is 376 g/mol. The Morgan fingerprint density at radius 2 is 1.04 bits per heavy atom. The molecule has 0 aliphatic heterocycles. The zero-order valence-electron chi connectivity index (χ0n) is 15.5. The third-order valence-electron chi connectivity index (χ3n) is 3.16. The quantitative estimate of drug-likeness (QED) is 0.715. The molecule has 0 bridgehead atoms. The third kappa shape index (κ3) is 6.87. The van der Waals surface area contributed by atoms with Crippen LogP contribution < -0.4 is 0 Å². The minimum Gasteiger partial charge on any atom is -0.270 e. The lowest BCUT2D eigenvalue weighted by atomic mass is 10.2. The maximum absolute atomic E-state index is 11.5. The van der Waals surface area contributed by atoms with Crippen molar-refractivity contribution in [1.82, 2.24) is 0 Å². The molecule has 0 unspecified atom stereocenters. The van der Waals surface area contributed by atoms with E-state index in [1.165, 1.54) is 12.1 Å². The molecule has 2 aromatic rings. The summed E-state index contributed by atoms with van der Waals surface area (Å²) in [4.78, 5) is 0.396. The fourth-order valence-electron chi connectivity index (χ4n) is 1.82. The minimum atomic E-state index is -3.58. The van der Waals surface area contributed by atoms with E-state index in [1.54, 1.807) is 50.2 Å². The molecule has 0 radical (unpaired) electrons. The van der Waals surface area contributed by atoms with Gasteiger partial charge in [-0.2, -0.15) is 16.8 Å². The lowest BCUT2D eigenvalue weighted by molar-refractivity contribution is 0.249. The van der Waals surface area contributed by atoms with Crippen LogP contribution in [0.25, 0.3) is 0 Å². The van der Waals surface area contributed by atoms with Gasteiger partial charge in [0.25, 0.3) is 20.2 Å². The zero-order valence-corrected chi connectivity index (χ0v) is 17.1. The summed E-state index contributed by atoms with van der Waals surface area (Å²) in [7, 11) is -5.94. The van der Waals surface area contributed by atoms with Crippen molar-refractivity contribution in [2.75, 3.05) is 7.11 Å². The Morgan fingerprint density at radius 3 is 1.35 bits per heavy atom. The Balaban J connectivity index is 0.000000263. The summed E-state index contributed by atoms with van der Waals surface area (Å²) < 4.78 is 54.4. The van der Waals surface area contributed by atoms with Crippen LogP contribution in [-0.4, -0.2) is 30.0 Å². The average molecular weight is 401 g/mol. The minimum absolute atomic E-state index is 0.190. The van der Waals surface area contributed by atoms with Crippen molar-refractivity contribution < 1.29 is 25.2 Å². The van der Waals surface area contributed by atoms with Gasteiger partial charge >= 0.3 is 0 Å². The predicted molar refractivity (Wildman–Crippen MR) is 100.0 cm³/mol. The second-order valence-corrected chi connectivity index (χ2v) is 9.13. The van der Waals surface area contributed by atoms with Crippen molar-refractivity contribution >= 4 is 20.2 Å². The van der Waals surface area contributed by atoms with Gasteiger partial charge in [-0.25, -0.2) is 0 Å². The van der Waals surface area contributed by atoms with Crippen molar-refractivity contribution in [2.24, 2.45) is 0 Å². The summed E-state index contributed by atoms with van der Waals surface area (Å²) in [5.74, 6) is 0. The first-order valence-electron chi connectivity index (χ1n) is 7.85. The highest BCUT2D eigenvalue weighted by atomic mass is 32.2. The van der Waals surface area contributed by atoms with Crippen LogP contribution in [0.3, 0.4) is 0 Å². The fourth-order valence-corrected chi connectivity index (χ4v) is 3.56. The van der Waals surface area contributed by atoms with Crippen LogP contribution in [0.2, 0.25) is 0 Å². The molecule has 0 saturated carbocycles. The number of aryl methyl sites for hydroxylation is 2. The molecule has 8 heteroatoms. The van der Waals surface area contributed by atoms with Gasteiger partial charge in [0.2, 0.25) is 0 Å². The summed E-state index contributed by atoms with van der Waals surface area (Å²) in [6.07, 6.45) is -0.332. The van der Waals surface area contributed by atoms with Crippen molar-refractivity contribution in [2.45, 2.75) is 43.6 Å². The van der Waals surface area contributed by atoms with Gasteiger partial charge in [-0.15, -0.1) is 0 Å². The topological polar surface area (TPSA) is 86.7 Å². The van der Waals surface area contributed by atoms with Crippen LogP contribution in [0, 0.1) is 13.8 Å². The van der Waals surface area contributed by atoms with Gasteiger partial charge in [0.15, 0.2) is 0 Å². The second kappa shape index (κ2) is 9.27. The molecule has 26 heavy (non-hydrogen) atoms. The smallest absolute Gasteiger partial charge is 0.270 e. The molecule has 0 amide bonds. The molecule has 0 fully saturated rings. The lowest BCUT2D eigenvalue weighted by Crippen LogP contribution is -2.12. The molecule has 0 heterocycles. The monoisotopic (exact) mass is 400 g/mol. The van der Waals surface area contributed by atoms with Crippen molar-refractivity contribution in [3.63, 3.8) is 0 Å². The van der Waals surface area contributed by atoms with E-state index in [9.17, 15) is 16.8 Å². The summed E-state index contributed by atoms with van der Waals surface area (Å²) in [6, 6.07) is 13.1. The van der Waals surface area contributed by atoms with E-state index in [0.29, 0.717) is 0 Å². The lowest BCUT2D eigenvalue weighted by Gasteiger charge is -2.08. The molecule has 6 nitrogen and oxygen atoms in total. The zero-order chi connectivity index (χ0) is 20.0. The first-order chi connectivity index (χ1) is 12.0. The Hall–Kier alpha value is -1.74. The van der Waals surface area contributed by atoms with Crippen molar-refractivity contribution in [3.05, 3.63) is 59.7 Å². The first kappa shape index (κ1) is 22.3. The van der Waals surface area contributed by atoms with Gasteiger partial charge in [-0.1, -0.05) is 35.4 Å². The van der Waals surface area contributed by atoms with E-state index >= 15 is 0 Å². The Labute approximate surface area is 156 Å². The summed E-state index contributed by atoms with van der Waals surface area (Å²) in [5, 5.41) is 0. The first-order valence-corrected chi connectivity index (χ1v) is 10.7. The molecule has 0 aliphatic rings. The molecule has 0 aliphatic carbocycles. The van der Waals surface area contributed by atoms with Gasteiger partial charge in [0.05, 0.1) is 23.0 Å². The number of rotatable bonds is 5. The van der Waals surface area contributed by atoms with Gasteiger partial charge in [0.1, 0.15) is 0 Å². The van der Waals surface area contributed by atoms with Crippen molar-refractivity contribution in [1.29, 1.82) is 0 Å². The molecule has 144 valence electrons. The largest absolute Gasteiger partial charge is 0.297 e. The van der Waals surface area contributed by atoms with Gasteiger partial charge in [-0.3, -0.25) is 8.37 Å². The third-order valence-corrected chi connectivity index (χ3v) is 5.93. The van der Waals surface area contributed by atoms with E-state index in [0.717, 1.165) is 18.2 Å². The van der Waals surface area contributed by atoms with E-state index in [2.05, 4.69) is 4.18 Å². The fraction of sp³-hybridized carbons (Fsp3) is 0.333. The van der Waals surface area contributed by atoms with Crippen LogP contribution in [0.1, 0.15) is 25.0 Å². The number of benzene rings is 2. The van der Waals surface area contributed by atoms with Crippen molar-refractivity contribution in [3.8, 4) is 0 Å². The molecule has 0 saturated heterocycles. The van der Waals surface area contributed by atoms with E-state index in [4.69, 9.17) is 4.18 Å². The highest BCUT2D eigenvalue weighted by Gasteiger charge is 2.16. The molecule has 0 aromatic heterocycles. The van der Waals surface area contributed by atoms with E-state index in [-0.39, 0.29) is 15.9 Å². The van der Waals surface area contributed by atoms with Gasteiger partial charge in [0, 0.05) is 0 Å². The Bertz CT molecular complexity index is 897. The highest BCUT2D eigenvalue weighted by molar-refractivity contribution is 7.87. The number of hydrogen-bond donors (Lipinski definition) is 0. The van der Waals surface area contributed by atoms with Crippen LogP contribution >= 0.6 is 0 Å². The summed E-state index contributed by atoms with van der Waals surface area (Å²) in [6.45, 7) is 7.17. The van der Waals surface area contributed by atoms with Gasteiger partial charge in [-0.05, 0) is 52.0 Å². The SMILES string of the molecule is COS(=O)(=O)c1ccc(C)cc1.Cc1ccc(S(=O)(=O)OC(C)C)cc1. The van der Waals surface area contributed by atoms with Crippen LogP contribution in [0.15, 0.2) is 58.3 Å². The van der Waals surface area contributed by atoms with Gasteiger partial charge < -0.3 is 0 Å². The van der Waals surface area contributed by atoms with Crippen LogP contribution in [0.5, 0.6) is 0 Å². The highest BCUT2D eigenvalue weighted by Crippen LogP contribution is 2.14. The molecule has 2 rings (SSSR count). The van der Waals surface area contributed by atoms with E-state index in [1.807, 2.05) is 13.8 Å². The standard InChI is InChI=1S/C10H14O3S.C8H10O3S/c1-8(2)13-14(11,12)10-6-4-9(3)5-7-10;1-7-3-5-8(6-4-7)12(9,10)11-2/h4-8H,1-3H3;3-6H,1-2H3. The normalized spacial score (nSPS) is 11.8. The van der Waals surface area contributed by atoms with Crippen LogP contribution in [-0.2, 0) is 28.6 Å². The van der Waals surface area contributed by atoms with E-state index < -0.39 is 20.2 Å². The molecule has 2 aromatic carbocycles. The maximum atomic E-state index is 11.5. The predicted octanol–water partition coefficient (Wildman–Crippen LogP) is 3.44. The maximum Gasteiger partial charge on any atom is 0.297 e. The second-order valence-electron chi connectivity index (χ2n) is 5.85. The number of hydrogen-bond acceptors (Lipinski definition) is 6. The molecule has 0 atom stereocenters. The molecular formula is C18H24O6S2. The average Bonchev–Trinajstić information content (AvgIpc) is 2.55. The Kier molecular flexibility index (Phi) is 7.95. The summed E-state index contributed by atoms with van der Waals surface area (Å²) in [5.41, 5.74) is 2.04. The Morgan fingerprint density at radius 1 is 0.692 bits per heavy atom.